The van der Waals surface area contributed by atoms with Gasteiger partial charge in [-0.25, -0.2) is 0 Å². The number of hydrogen-bond donors (Lipinski definition) is 2. The van der Waals surface area contributed by atoms with Gasteiger partial charge in [0, 0.05) is 6.54 Å². The van der Waals surface area contributed by atoms with Crippen LogP contribution in [0.3, 0.4) is 0 Å². The Bertz CT molecular complexity index is 2300. The van der Waals surface area contributed by atoms with Gasteiger partial charge in [0.25, 0.3) is 0 Å². The summed E-state index contributed by atoms with van der Waals surface area (Å²) in [7, 11) is 0. The number of allylic oxidation sites excluding steroid dienone is 2. The van der Waals surface area contributed by atoms with E-state index in [0.29, 0.717) is 6.54 Å². The summed E-state index contributed by atoms with van der Waals surface area (Å²) >= 11 is 0. The maximum Gasteiger partial charge on any atom is 0.0583 e. The van der Waals surface area contributed by atoms with E-state index in [0.717, 1.165) is 18.5 Å². The highest BCUT2D eigenvalue weighted by molar-refractivity contribution is 6.23. The summed E-state index contributed by atoms with van der Waals surface area (Å²) in [4.78, 5) is 0. The van der Waals surface area contributed by atoms with Gasteiger partial charge < -0.3 is 11.1 Å². The van der Waals surface area contributed by atoms with Crippen LogP contribution in [0, 0.1) is 0 Å². The molecule has 0 amide bonds. The molecule has 46 heavy (non-hydrogen) atoms. The Morgan fingerprint density at radius 1 is 0.674 bits per heavy atom. The van der Waals surface area contributed by atoms with Crippen molar-refractivity contribution < 1.29 is 0 Å². The van der Waals surface area contributed by atoms with Crippen LogP contribution in [0.2, 0.25) is 0 Å². The maximum absolute atomic E-state index is 6.25. The van der Waals surface area contributed by atoms with Crippen molar-refractivity contribution in [3.63, 3.8) is 0 Å². The highest BCUT2D eigenvalue weighted by Crippen LogP contribution is 2.46. The molecule has 0 saturated heterocycles. The van der Waals surface area contributed by atoms with Crippen molar-refractivity contribution in [2.45, 2.75) is 12.5 Å². The van der Waals surface area contributed by atoms with E-state index in [-0.39, 0.29) is 6.04 Å². The van der Waals surface area contributed by atoms with Crippen LogP contribution in [-0.2, 0) is 0 Å². The number of nitrogens with two attached hydrogens (primary N) is 1. The molecule has 8 rings (SSSR count). The van der Waals surface area contributed by atoms with Gasteiger partial charge in [0.15, 0.2) is 0 Å². The summed E-state index contributed by atoms with van der Waals surface area (Å²) < 4.78 is 0. The van der Waals surface area contributed by atoms with Gasteiger partial charge in [0.2, 0.25) is 0 Å². The molecule has 1 aliphatic heterocycles. The highest BCUT2D eigenvalue weighted by atomic mass is 14.9. The van der Waals surface area contributed by atoms with E-state index in [1.165, 1.54) is 76.5 Å². The van der Waals surface area contributed by atoms with E-state index >= 15 is 0 Å². The summed E-state index contributed by atoms with van der Waals surface area (Å²) in [5, 5.41) is 13.9. The minimum Gasteiger partial charge on any atom is -0.326 e. The van der Waals surface area contributed by atoms with Gasteiger partial charge in [-0.2, -0.15) is 0 Å². The first-order valence-corrected chi connectivity index (χ1v) is 16.2. The standard InChI is InChI=1S/C44H36N2/c1-2-12-32(28-45)33-23-11-26-46-44(33)41-22-10-19-34-35(41)20-9-21-36(34)43-39-17-7-5-15-37(39)42(38-16-6-8-18-40(38)43)31-25-24-29-13-3-4-14-30(29)27-31/h2-10,12-25,27,44,46H,1,11,26,28,45H2/b32-12+. The van der Waals surface area contributed by atoms with Crippen LogP contribution in [0.15, 0.2) is 163 Å². The summed E-state index contributed by atoms with van der Waals surface area (Å²) in [5.41, 5.74) is 14.9. The van der Waals surface area contributed by atoms with Crippen molar-refractivity contribution in [2.24, 2.45) is 5.73 Å². The number of hydrogen-bond acceptors (Lipinski definition) is 2. The number of rotatable bonds is 6. The molecule has 1 heterocycles. The molecular formula is C44H36N2. The lowest BCUT2D eigenvalue weighted by atomic mass is 9.82. The fourth-order valence-electron chi connectivity index (χ4n) is 7.58. The average molecular weight is 593 g/mol. The quantitative estimate of drug-likeness (QED) is 0.149. The first-order chi connectivity index (χ1) is 22.8. The van der Waals surface area contributed by atoms with Crippen molar-refractivity contribution >= 4 is 43.1 Å². The second-order valence-corrected chi connectivity index (χ2v) is 12.1. The van der Waals surface area contributed by atoms with E-state index in [9.17, 15) is 0 Å². The molecule has 0 spiro atoms. The van der Waals surface area contributed by atoms with E-state index in [2.05, 4.69) is 151 Å². The van der Waals surface area contributed by atoms with E-state index in [1.807, 2.05) is 6.08 Å². The second-order valence-electron chi connectivity index (χ2n) is 12.1. The Hall–Kier alpha value is -5.28. The molecule has 0 aromatic heterocycles. The van der Waals surface area contributed by atoms with Crippen LogP contribution in [-0.4, -0.2) is 13.1 Å². The summed E-state index contributed by atoms with van der Waals surface area (Å²) in [6.45, 7) is 5.36. The molecule has 0 bridgehead atoms. The molecule has 2 nitrogen and oxygen atoms in total. The van der Waals surface area contributed by atoms with Crippen molar-refractivity contribution in [2.75, 3.05) is 13.1 Å². The fraction of sp³-hybridized carbons (Fsp3) is 0.0909. The number of nitrogens with one attached hydrogen (secondary N) is 1. The molecule has 0 saturated carbocycles. The van der Waals surface area contributed by atoms with Gasteiger partial charge in [0.1, 0.15) is 0 Å². The Balaban J connectivity index is 1.39. The summed E-state index contributed by atoms with van der Waals surface area (Å²) in [5.74, 6) is 0. The third kappa shape index (κ3) is 4.66. The van der Waals surface area contributed by atoms with Gasteiger partial charge in [-0.3, -0.25) is 0 Å². The van der Waals surface area contributed by atoms with Crippen LogP contribution in [0.5, 0.6) is 0 Å². The minimum absolute atomic E-state index is 0.0613. The van der Waals surface area contributed by atoms with Crippen LogP contribution in [0.25, 0.3) is 65.3 Å². The predicted molar refractivity (Wildman–Crippen MR) is 198 cm³/mol. The van der Waals surface area contributed by atoms with Crippen molar-refractivity contribution in [1.82, 2.24) is 5.32 Å². The highest BCUT2D eigenvalue weighted by Gasteiger charge is 2.24. The van der Waals surface area contributed by atoms with Crippen LogP contribution < -0.4 is 11.1 Å². The zero-order valence-corrected chi connectivity index (χ0v) is 25.8. The normalized spacial score (nSPS) is 15.5. The van der Waals surface area contributed by atoms with Crippen molar-refractivity contribution in [3.8, 4) is 22.3 Å². The monoisotopic (exact) mass is 592 g/mol. The third-order valence-corrected chi connectivity index (χ3v) is 9.58. The molecule has 0 radical (unpaired) electrons. The largest absolute Gasteiger partial charge is 0.326 e. The van der Waals surface area contributed by atoms with Gasteiger partial charge in [-0.15, -0.1) is 0 Å². The van der Waals surface area contributed by atoms with Gasteiger partial charge in [0.05, 0.1) is 6.04 Å². The zero-order valence-electron chi connectivity index (χ0n) is 25.8. The second kappa shape index (κ2) is 11.9. The lowest BCUT2D eigenvalue weighted by Gasteiger charge is -2.29. The molecule has 0 fully saturated rings. The average Bonchev–Trinajstić information content (AvgIpc) is 3.12. The smallest absolute Gasteiger partial charge is 0.0583 e. The molecule has 1 atom stereocenters. The van der Waals surface area contributed by atoms with E-state index in [1.54, 1.807) is 0 Å². The molecular weight excluding hydrogens is 556 g/mol. The Kier molecular flexibility index (Phi) is 7.30. The van der Waals surface area contributed by atoms with Crippen molar-refractivity contribution in [3.05, 3.63) is 169 Å². The number of benzene rings is 7. The first kappa shape index (κ1) is 28.2. The molecule has 7 aromatic carbocycles. The van der Waals surface area contributed by atoms with Gasteiger partial charge in [-0.1, -0.05) is 146 Å². The third-order valence-electron chi connectivity index (χ3n) is 9.58. The molecule has 0 aliphatic carbocycles. The Morgan fingerprint density at radius 2 is 1.30 bits per heavy atom. The Labute approximate surface area is 270 Å². The predicted octanol–water partition coefficient (Wildman–Crippen LogP) is 10.7. The van der Waals surface area contributed by atoms with Crippen molar-refractivity contribution in [1.29, 1.82) is 0 Å². The van der Waals surface area contributed by atoms with Gasteiger partial charge in [-0.05, 0) is 101 Å². The van der Waals surface area contributed by atoms with Crippen LogP contribution >= 0.6 is 0 Å². The lowest BCUT2D eigenvalue weighted by molar-refractivity contribution is 0.578. The number of fused-ring (bicyclic) bond motifs is 4. The van der Waals surface area contributed by atoms with Crippen LogP contribution in [0.1, 0.15) is 18.0 Å². The fourth-order valence-corrected chi connectivity index (χ4v) is 7.58. The Morgan fingerprint density at radius 3 is 2.02 bits per heavy atom. The zero-order chi connectivity index (χ0) is 31.0. The molecule has 222 valence electrons. The van der Waals surface area contributed by atoms with Crippen LogP contribution in [0.4, 0.5) is 0 Å². The SMILES string of the molecule is C=C/C=C(\CN)C1=CCCNC1c1cccc2c(-c3c4ccccc4c(-c4ccc5ccccc5c4)c4ccccc34)cccc12. The maximum atomic E-state index is 6.25. The topological polar surface area (TPSA) is 38.0 Å². The summed E-state index contributed by atoms with van der Waals surface area (Å²) in [6, 6.07) is 46.9. The van der Waals surface area contributed by atoms with E-state index < -0.39 is 0 Å². The molecule has 2 heteroatoms. The molecule has 1 aliphatic rings. The van der Waals surface area contributed by atoms with Gasteiger partial charge >= 0.3 is 0 Å². The molecule has 3 N–H and O–H groups in total. The lowest BCUT2D eigenvalue weighted by Crippen LogP contribution is -2.29. The molecule has 7 aromatic rings. The van der Waals surface area contributed by atoms with E-state index in [4.69, 9.17) is 5.73 Å². The minimum atomic E-state index is 0.0613. The first-order valence-electron chi connectivity index (χ1n) is 16.2. The summed E-state index contributed by atoms with van der Waals surface area (Å²) in [6.07, 6.45) is 7.22. The molecule has 1 unspecified atom stereocenters.